The van der Waals surface area contributed by atoms with Gasteiger partial charge < -0.3 is 9.64 Å². The first-order valence-electron chi connectivity index (χ1n) is 10.2. The van der Waals surface area contributed by atoms with Gasteiger partial charge in [0.25, 0.3) is 0 Å². The number of hydrogen-bond donors (Lipinski definition) is 1. The molecular weight excluding hydrogens is 362 g/mol. The largest absolute Gasteiger partial charge is 0.444 e. The first-order chi connectivity index (χ1) is 13.9. The van der Waals surface area contributed by atoms with Crippen molar-refractivity contribution in [1.29, 1.82) is 0 Å². The topological polar surface area (TPSA) is 44.8 Å². The highest BCUT2D eigenvalue weighted by Crippen LogP contribution is 2.20. The average molecular weight is 394 g/mol. The van der Waals surface area contributed by atoms with Crippen molar-refractivity contribution in [2.24, 2.45) is 0 Å². The number of amides is 1. The molecule has 3 rings (SSSR count). The lowest BCUT2D eigenvalue weighted by molar-refractivity contribution is 0.0636. The molecule has 2 aromatic rings. The highest BCUT2D eigenvalue weighted by molar-refractivity contribution is 5.85. The Labute approximate surface area is 174 Å². The monoisotopic (exact) mass is 393 g/mol. The number of rotatable bonds is 5. The third kappa shape index (κ3) is 6.95. The van der Waals surface area contributed by atoms with Crippen molar-refractivity contribution >= 4 is 23.5 Å². The van der Waals surface area contributed by atoms with Gasteiger partial charge in [-0.2, -0.15) is 0 Å². The standard InChI is InChI=1S/C24H31N3O2/c1-24(2,3)29-23(28)25-21-11-13-22(14-12-21)27-18-16-26(17-19-27)15-7-10-20-8-5-4-6-9-20/h4-14H,15-19H2,1-3H3,(H,25,28)/b10-7+. The maximum absolute atomic E-state index is 11.9. The van der Waals surface area contributed by atoms with E-state index in [0.29, 0.717) is 0 Å². The third-order valence-corrected chi connectivity index (χ3v) is 4.72. The smallest absolute Gasteiger partial charge is 0.412 e. The zero-order valence-corrected chi connectivity index (χ0v) is 17.6. The Morgan fingerprint density at radius 3 is 2.28 bits per heavy atom. The first kappa shape index (κ1) is 20.9. The second kappa shape index (κ2) is 9.61. The number of carbonyl (C=O) groups excluding carboxylic acids is 1. The molecule has 0 bridgehead atoms. The van der Waals surface area contributed by atoms with Crippen LogP contribution in [0.25, 0.3) is 6.08 Å². The van der Waals surface area contributed by atoms with Crippen molar-refractivity contribution in [1.82, 2.24) is 4.90 Å². The second-order valence-corrected chi connectivity index (χ2v) is 8.27. The summed E-state index contributed by atoms with van der Waals surface area (Å²) in [7, 11) is 0. The normalized spacial score (nSPS) is 15.5. The Morgan fingerprint density at radius 2 is 1.66 bits per heavy atom. The van der Waals surface area contributed by atoms with Gasteiger partial charge in [-0.15, -0.1) is 0 Å². The minimum Gasteiger partial charge on any atom is -0.444 e. The van der Waals surface area contributed by atoms with Crippen LogP contribution in [0.1, 0.15) is 26.3 Å². The van der Waals surface area contributed by atoms with Crippen LogP contribution in [0.2, 0.25) is 0 Å². The fourth-order valence-electron chi connectivity index (χ4n) is 3.27. The molecule has 1 heterocycles. The van der Waals surface area contributed by atoms with Crippen LogP contribution in [0.3, 0.4) is 0 Å². The van der Waals surface area contributed by atoms with Gasteiger partial charge >= 0.3 is 6.09 Å². The van der Waals surface area contributed by atoms with E-state index < -0.39 is 11.7 Å². The number of hydrogen-bond acceptors (Lipinski definition) is 4. The van der Waals surface area contributed by atoms with Gasteiger partial charge in [-0.05, 0) is 50.6 Å². The van der Waals surface area contributed by atoms with E-state index in [-0.39, 0.29) is 0 Å². The van der Waals surface area contributed by atoms with Crippen LogP contribution < -0.4 is 10.2 Å². The zero-order valence-electron chi connectivity index (χ0n) is 17.6. The van der Waals surface area contributed by atoms with Gasteiger partial charge in [0.2, 0.25) is 0 Å². The third-order valence-electron chi connectivity index (χ3n) is 4.72. The maximum Gasteiger partial charge on any atom is 0.412 e. The molecule has 1 N–H and O–H groups in total. The fraction of sp³-hybridized carbons (Fsp3) is 0.375. The van der Waals surface area contributed by atoms with Crippen molar-refractivity contribution in [3.63, 3.8) is 0 Å². The minimum atomic E-state index is -0.500. The summed E-state index contributed by atoms with van der Waals surface area (Å²) in [5.74, 6) is 0. The van der Waals surface area contributed by atoms with Crippen molar-refractivity contribution in [3.05, 3.63) is 66.2 Å². The molecular formula is C24H31N3O2. The molecule has 0 aromatic heterocycles. The molecule has 0 spiro atoms. The Balaban J connectivity index is 1.44. The van der Waals surface area contributed by atoms with E-state index in [9.17, 15) is 4.79 Å². The number of piperazine rings is 1. The first-order valence-corrected chi connectivity index (χ1v) is 10.2. The van der Waals surface area contributed by atoms with Crippen LogP contribution >= 0.6 is 0 Å². The summed E-state index contributed by atoms with van der Waals surface area (Å²) >= 11 is 0. The number of carbonyl (C=O) groups is 1. The zero-order chi connectivity index (χ0) is 20.7. The van der Waals surface area contributed by atoms with E-state index in [0.717, 1.165) is 38.4 Å². The van der Waals surface area contributed by atoms with Crippen molar-refractivity contribution in [2.75, 3.05) is 42.9 Å². The molecule has 1 amide bonds. The van der Waals surface area contributed by atoms with E-state index in [1.807, 2.05) is 39.0 Å². The summed E-state index contributed by atoms with van der Waals surface area (Å²) in [6.45, 7) is 10.6. The molecule has 0 atom stereocenters. The molecule has 0 unspecified atom stereocenters. The number of nitrogens with zero attached hydrogens (tertiary/aromatic N) is 2. The van der Waals surface area contributed by atoms with Crippen LogP contribution in [0, 0.1) is 0 Å². The van der Waals surface area contributed by atoms with Crippen LogP contribution in [-0.2, 0) is 4.74 Å². The predicted octanol–water partition coefficient (Wildman–Crippen LogP) is 4.87. The second-order valence-electron chi connectivity index (χ2n) is 8.27. The van der Waals surface area contributed by atoms with Crippen LogP contribution in [0.4, 0.5) is 16.2 Å². The van der Waals surface area contributed by atoms with Gasteiger partial charge in [0.05, 0.1) is 0 Å². The fourth-order valence-corrected chi connectivity index (χ4v) is 3.27. The van der Waals surface area contributed by atoms with E-state index in [2.05, 4.69) is 63.7 Å². The number of nitrogens with one attached hydrogen (secondary N) is 1. The molecule has 2 aromatic carbocycles. The van der Waals surface area contributed by atoms with Gasteiger partial charge in [0.1, 0.15) is 5.60 Å². The molecule has 5 heteroatoms. The lowest BCUT2D eigenvalue weighted by atomic mass is 10.2. The quantitative estimate of drug-likeness (QED) is 0.787. The molecule has 1 fully saturated rings. The molecule has 154 valence electrons. The summed E-state index contributed by atoms with van der Waals surface area (Å²) in [5.41, 5.74) is 2.66. The maximum atomic E-state index is 11.9. The summed E-state index contributed by atoms with van der Waals surface area (Å²) in [4.78, 5) is 16.7. The van der Waals surface area contributed by atoms with Gasteiger partial charge in [-0.3, -0.25) is 10.2 Å². The van der Waals surface area contributed by atoms with E-state index in [1.54, 1.807) is 0 Å². The summed E-state index contributed by atoms with van der Waals surface area (Å²) < 4.78 is 5.29. The molecule has 5 nitrogen and oxygen atoms in total. The van der Waals surface area contributed by atoms with Gasteiger partial charge in [-0.1, -0.05) is 42.5 Å². The van der Waals surface area contributed by atoms with Crippen LogP contribution in [0.15, 0.2) is 60.7 Å². The molecule has 1 aliphatic rings. The highest BCUT2D eigenvalue weighted by Gasteiger charge is 2.18. The number of anilines is 2. The minimum absolute atomic E-state index is 0.428. The Kier molecular flexibility index (Phi) is 6.94. The van der Waals surface area contributed by atoms with Crippen LogP contribution in [-0.4, -0.2) is 49.3 Å². The van der Waals surface area contributed by atoms with Gasteiger partial charge in [-0.25, -0.2) is 4.79 Å². The van der Waals surface area contributed by atoms with Gasteiger partial charge in [0.15, 0.2) is 0 Å². The summed E-state index contributed by atoms with van der Waals surface area (Å²) in [6.07, 6.45) is 3.99. The molecule has 0 saturated carbocycles. The van der Waals surface area contributed by atoms with E-state index in [4.69, 9.17) is 4.74 Å². The Morgan fingerprint density at radius 1 is 1.00 bits per heavy atom. The van der Waals surface area contributed by atoms with Crippen molar-refractivity contribution in [2.45, 2.75) is 26.4 Å². The average Bonchev–Trinajstić information content (AvgIpc) is 2.68. The number of benzene rings is 2. The predicted molar refractivity (Wildman–Crippen MR) is 120 cm³/mol. The van der Waals surface area contributed by atoms with Gasteiger partial charge in [0, 0.05) is 44.1 Å². The number of ether oxygens (including phenoxy) is 1. The SMILES string of the molecule is CC(C)(C)OC(=O)Nc1ccc(N2CCN(C/C=C/c3ccccc3)CC2)cc1. The van der Waals surface area contributed by atoms with Crippen LogP contribution in [0.5, 0.6) is 0 Å². The summed E-state index contributed by atoms with van der Waals surface area (Å²) in [5, 5.41) is 2.78. The lowest BCUT2D eigenvalue weighted by Gasteiger charge is -2.35. The molecule has 0 aliphatic carbocycles. The van der Waals surface area contributed by atoms with E-state index in [1.165, 1.54) is 11.3 Å². The molecule has 0 radical (unpaired) electrons. The molecule has 1 saturated heterocycles. The van der Waals surface area contributed by atoms with Crippen molar-refractivity contribution < 1.29 is 9.53 Å². The Bertz CT molecular complexity index is 802. The molecule has 1 aliphatic heterocycles. The highest BCUT2D eigenvalue weighted by atomic mass is 16.6. The summed E-state index contributed by atoms with van der Waals surface area (Å²) in [6, 6.07) is 18.4. The van der Waals surface area contributed by atoms with Crippen molar-refractivity contribution in [3.8, 4) is 0 Å². The van der Waals surface area contributed by atoms with E-state index >= 15 is 0 Å². The lowest BCUT2D eigenvalue weighted by Crippen LogP contribution is -2.46. The molecule has 29 heavy (non-hydrogen) atoms. The Hall–Kier alpha value is -2.79.